The van der Waals surface area contributed by atoms with Crippen LogP contribution in [0.3, 0.4) is 0 Å². The van der Waals surface area contributed by atoms with Gasteiger partial charge in [-0.3, -0.25) is 0 Å². The van der Waals surface area contributed by atoms with Crippen molar-refractivity contribution in [2.45, 2.75) is 23.2 Å². The molecular formula is C16H15F3N4O2S. The minimum Gasteiger partial charge on any atom is -0.324 e. The van der Waals surface area contributed by atoms with Crippen molar-refractivity contribution in [2.24, 2.45) is 16.1 Å². The fourth-order valence-corrected chi connectivity index (χ4v) is 4.78. The molecule has 26 heavy (non-hydrogen) atoms. The average molecular weight is 384 g/mol. The van der Waals surface area contributed by atoms with Crippen LogP contribution in [-0.2, 0) is 10.0 Å². The summed E-state index contributed by atoms with van der Waals surface area (Å²) in [4.78, 5) is 0.0554. The van der Waals surface area contributed by atoms with E-state index in [1.807, 2.05) is 29.1 Å². The first-order chi connectivity index (χ1) is 12.2. The Morgan fingerprint density at radius 2 is 1.69 bits per heavy atom. The number of alkyl halides is 3. The molecule has 0 aliphatic carbocycles. The molecule has 0 bridgehead atoms. The Bertz CT molecular complexity index is 931. The summed E-state index contributed by atoms with van der Waals surface area (Å²) in [6.45, 7) is -0.219. The number of benzene rings is 1. The molecule has 10 heteroatoms. The first-order valence-corrected chi connectivity index (χ1v) is 9.42. The van der Waals surface area contributed by atoms with Crippen molar-refractivity contribution >= 4 is 10.0 Å². The third-order valence-electron chi connectivity index (χ3n) is 4.83. The van der Waals surface area contributed by atoms with Crippen LogP contribution in [0.25, 0.3) is 5.69 Å². The molecule has 138 valence electrons. The van der Waals surface area contributed by atoms with Crippen LogP contribution >= 0.6 is 0 Å². The minimum absolute atomic E-state index is 0.0230. The maximum atomic E-state index is 13.1. The number of rotatable bonds is 4. The fraction of sp³-hybridized carbons (Fsp3) is 0.375. The zero-order valence-electron chi connectivity index (χ0n) is 13.5. The molecule has 4 rings (SSSR count). The van der Waals surface area contributed by atoms with Crippen molar-refractivity contribution in [3.63, 3.8) is 0 Å². The molecule has 0 amide bonds. The molecule has 1 atom stereocenters. The van der Waals surface area contributed by atoms with Crippen molar-refractivity contribution in [3.05, 3.63) is 48.8 Å². The number of sulfonamides is 1. The molecular weight excluding hydrogens is 369 g/mol. The highest BCUT2D eigenvalue weighted by atomic mass is 32.2. The van der Waals surface area contributed by atoms with Crippen LogP contribution in [0.2, 0.25) is 0 Å². The van der Waals surface area contributed by atoms with E-state index < -0.39 is 27.8 Å². The predicted molar refractivity (Wildman–Crippen MR) is 86.3 cm³/mol. The lowest BCUT2D eigenvalue weighted by atomic mass is 9.95. The van der Waals surface area contributed by atoms with E-state index >= 15 is 0 Å². The highest BCUT2D eigenvalue weighted by molar-refractivity contribution is 7.89. The smallest absolute Gasteiger partial charge is 0.324 e. The van der Waals surface area contributed by atoms with Crippen molar-refractivity contribution < 1.29 is 21.6 Å². The van der Waals surface area contributed by atoms with Crippen LogP contribution < -0.4 is 0 Å². The van der Waals surface area contributed by atoms with E-state index in [4.69, 9.17) is 0 Å². The van der Waals surface area contributed by atoms with E-state index in [1.54, 1.807) is 12.1 Å². The molecule has 1 aromatic heterocycles. The first kappa shape index (κ1) is 17.2. The highest BCUT2D eigenvalue weighted by Gasteiger charge is 2.69. The van der Waals surface area contributed by atoms with E-state index in [9.17, 15) is 21.6 Å². The van der Waals surface area contributed by atoms with Gasteiger partial charge in [-0.25, -0.2) is 8.42 Å². The van der Waals surface area contributed by atoms with Gasteiger partial charge < -0.3 is 4.57 Å². The molecule has 0 spiro atoms. The lowest BCUT2D eigenvalue weighted by Gasteiger charge is -2.21. The summed E-state index contributed by atoms with van der Waals surface area (Å²) in [6, 6.07) is 9.93. The van der Waals surface area contributed by atoms with Gasteiger partial charge in [0.05, 0.1) is 4.90 Å². The maximum Gasteiger partial charge on any atom is 0.438 e. The summed E-state index contributed by atoms with van der Waals surface area (Å²) >= 11 is 0. The molecule has 2 aliphatic rings. The zero-order valence-corrected chi connectivity index (χ0v) is 14.3. The van der Waals surface area contributed by atoms with E-state index in [1.165, 1.54) is 12.1 Å². The van der Waals surface area contributed by atoms with Gasteiger partial charge in [-0.2, -0.15) is 17.5 Å². The molecule has 6 nitrogen and oxygen atoms in total. The third kappa shape index (κ3) is 2.64. The second-order valence-corrected chi connectivity index (χ2v) is 8.29. The number of hydrogen-bond acceptors (Lipinski definition) is 4. The highest BCUT2D eigenvalue weighted by Crippen LogP contribution is 2.52. The fourth-order valence-electron chi connectivity index (χ4n) is 3.28. The Hall–Kier alpha value is -2.20. The normalized spacial score (nSPS) is 22.7. The molecule has 3 heterocycles. The first-order valence-electron chi connectivity index (χ1n) is 7.98. The maximum absolute atomic E-state index is 13.1. The third-order valence-corrected chi connectivity index (χ3v) is 6.71. The summed E-state index contributed by atoms with van der Waals surface area (Å²) in [5.41, 5.74) is -1.63. The SMILES string of the molecule is O=S(=O)(c1ccc(-n2cccc2)cc1)N1CCC(C2(C(F)(F)F)N=N2)C1. The average Bonchev–Trinajstić information content (AvgIpc) is 3.03. The van der Waals surface area contributed by atoms with Crippen LogP contribution in [-0.4, -0.2) is 42.2 Å². The van der Waals surface area contributed by atoms with Gasteiger partial charge in [0.2, 0.25) is 10.0 Å². The molecule has 1 unspecified atom stereocenters. The molecule has 1 saturated heterocycles. The van der Waals surface area contributed by atoms with Gasteiger partial charge in [0.25, 0.3) is 5.66 Å². The van der Waals surface area contributed by atoms with Crippen molar-refractivity contribution in [3.8, 4) is 5.69 Å². The van der Waals surface area contributed by atoms with Gasteiger partial charge in [0.1, 0.15) is 0 Å². The molecule has 1 aromatic carbocycles. The van der Waals surface area contributed by atoms with Crippen LogP contribution in [0.15, 0.2) is 63.9 Å². The van der Waals surface area contributed by atoms with Gasteiger partial charge in [-0.1, -0.05) is 0 Å². The second kappa shape index (κ2) is 5.65. The molecule has 2 aromatic rings. The molecule has 0 radical (unpaired) electrons. The molecule has 0 N–H and O–H groups in total. The zero-order chi connectivity index (χ0) is 18.6. The topological polar surface area (TPSA) is 67.0 Å². The Morgan fingerprint density at radius 3 is 2.23 bits per heavy atom. The Kier molecular flexibility index (Phi) is 3.74. The lowest BCUT2D eigenvalue weighted by Crippen LogP contribution is -2.42. The Balaban J connectivity index is 1.53. The van der Waals surface area contributed by atoms with Crippen LogP contribution in [0.5, 0.6) is 0 Å². The van der Waals surface area contributed by atoms with Gasteiger partial charge in [0, 0.05) is 37.1 Å². The minimum atomic E-state index is -4.59. The molecule has 0 saturated carbocycles. The predicted octanol–water partition coefficient (Wildman–Crippen LogP) is 3.21. The second-order valence-electron chi connectivity index (χ2n) is 6.36. The largest absolute Gasteiger partial charge is 0.438 e. The number of hydrogen-bond donors (Lipinski definition) is 0. The molecule has 1 fully saturated rings. The summed E-state index contributed by atoms with van der Waals surface area (Å²) in [6.07, 6.45) is -0.857. The van der Waals surface area contributed by atoms with Crippen molar-refractivity contribution in [1.29, 1.82) is 0 Å². The lowest BCUT2D eigenvalue weighted by molar-refractivity contribution is -0.175. The standard InChI is InChI=1S/C16H15F3N4O2S/c17-16(18,19)15(20-21-15)12-7-10-23(11-12)26(24,25)14-5-3-13(4-6-14)22-8-1-2-9-22/h1-6,8-9,12H,7,10-11H2. The van der Waals surface area contributed by atoms with E-state index in [-0.39, 0.29) is 24.4 Å². The van der Waals surface area contributed by atoms with Crippen molar-refractivity contribution in [2.75, 3.05) is 13.1 Å². The quantitative estimate of drug-likeness (QED) is 0.812. The summed E-state index contributed by atoms with van der Waals surface area (Å²) in [5.74, 6) is -0.976. The Morgan fingerprint density at radius 1 is 1.08 bits per heavy atom. The number of halogens is 3. The monoisotopic (exact) mass is 384 g/mol. The van der Waals surface area contributed by atoms with E-state index in [2.05, 4.69) is 10.2 Å². The number of nitrogens with zero attached hydrogens (tertiary/aromatic N) is 4. The van der Waals surface area contributed by atoms with E-state index in [0.717, 1.165) is 9.99 Å². The Labute approximate surface area is 148 Å². The van der Waals surface area contributed by atoms with Gasteiger partial charge in [-0.05, 0) is 42.8 Å². The summed E-state index contributed by atoms with van der Waals surface area (Å²) < 4.78 is 67.8. The van der Waals surface area contributed by atoms with Gasteiger partial charge >= 0.3 is 6.18 Å². The number of aromatic nitrogens is 1. The summed E-state index contributed by atoms with van der Waals surface area (Å²) in [5, 5.41) is 6.38. The van der Waals surface area contributed by atoms with Gasteiger partial charge in [-0.15, -0.1) is 10.2 Å². The van der Waals surface area contributed by atoms with Crippen LogP contribution in [0, 0.1) is 5.92 Å². The van der Waals surface area contributed by atoms with E-state index in [0.29, 0.717) is 0 Å². The van der Waals surface area contributed by atoms with Crippen molar-refractivity contribution in [1.82, 2.24) is 8.87 Å². The van der Waals surface area contributed by atoms with Gasteiger partial charge in [0.15, 0.2) is 0 Å². The molecule has 2 aliphatic heterocycles. The van der Waals surface area contributed by atoms with Crippen LogP contribution in [0.4, 0.5) is 13.2 Å². The summed E-state index contributed by atoms with van der Waals surface area (Å²) in [7, 11) is -3.86. The van der Waals surface area contributed by atoms with Crippen LogP contribution in [0.1, 0.15) is 6.42 Å².